The number of hydrogen-bond donors (Lipinski definition) is 3. The third-order valence-electron chi connectivity index (χ3n) is 4.80. The lowest BCUT2D eigenvalue weighted by molar-refractivity contribution is -0.139. The van der Waals surface area contributed by atoms with Gasteiger partial charge in [0.15, 0.2) is 11.6 Å². The number of aromatic nitrogens is 3. The minimum Gasteiger partial charge on any atom is -0.369 e. The van der Waals surface area contributed by atoms with Crippen molar-refractivity contribution >= 4 is 29.1 Å². The highest BCUT2D eigenvalue weighted by atomic mass is 35.5. The van der Waals surface area contributed by atoms with Crippen LogP contribution in [0, 0.1) is 5.82 Å². The van der Waals surface area contributed by atoms with Gasteiger partial charge >= 0.3 is 6.18 Å². The standard InChI is InChI=1S/C17H15ClF4N6O/c18-8-3-9-10(5-24-12(9)23-4-8)13-25-6-11(19)14(27-13)28-16(1-2-16)15(29)26-7-17(20,21)22/h3-4,6,10H,1-2,5,7H2,(H,23,24)(H,26,29)(H,25,27,28). The Labute approximate surface area is 167 Å². The van der Waals surface area contributed by atoms with Crippen molar-refractivity contribution in [2.75, 3.05) is 23.7 Å². The number of pyridine rings is 1. The van der Waals surface area contributed by atoms with E-state index >= 15 is 0 Å². The van der Waals surface area contributed by atoms with Gasteiger partial charge in [-0.3, -0.25) is 4.79 Å². The van der Waals surface area contributed by atoms with Gasteiger partial charge in [0.1, 0.15) is 23.7 Å². The normalized spacial score (nSPS) is 19.3. The molecule has 12 heteroatoms. The Kier molecular flexibility index (Phi) is 4.72. The number of carbonyl (C=O) groups is 1. The first-order chi connectivity index (χ1) is 13.7. The molecule has 7 nitrogen and oxygen atoms in total. The molecule has 2 aromatic heterocycles. The van der Waals surface area contributed by atoms with E-state index < -0.39 is 30.0 Å². The third-order valence-corrected chi connectivity index (χ3v) is 5.01. The lowest BCUT2D eigenvalue weighted by Gasteiger charge is -2.19. The summed E-state index contributed by atoms with van der Waals surface area (Å²) in [7, 11) is 0. The van der Waals surface area contributed by atoms with Crippen LogP contribution < -0.4 is 16.0 Å². The number of fused-ring (bicyclic) bond motifs is 1. The fourth-order valence-electron chi connectivity index (χ4n) is 3.15. The molecule has 1 amide bonds. The Morgan fingerprint density at radius 1 is 1.31 bits per heavy atom. The van der Waals surface area contributed by atoms with E-state index in [1.165, 1.54) is 6.20 Å². The second kappa shape index (κ2) is 6.97. The van der Waals surface area contributed by atoms with Crippen LogP contribution >= 0.6 is 11.6 Å². The molecule has 4 rings (SSSR count). The summed E-state index contributed by atoms with van der Waals surface area (Å²) in [6.07, 6.45) is -1.54. The first-order valence-electron chi connectivity index (χ1n) is 8.72. The van der Waals surface area contributed by atoms with E-state index in [1.54, 1.807) is 6.07 Å². The molecule has 1 saturated carbocycles. The highest BCUT2D eigenvalue weighted by molar-refractivity contribution is 6.30. The van der Waals surface area contributed by atoms with E-state index in [0.717, 1.165) is 11.8 Å². The van der Waals surface area contributed by atoms with Crippen molar-refractivity contribution in [3.05, 3.63) is 40.7 Å². The SMILES string of the molecule is O=C(NCC(F)(F)F)C1(Nc2nc(C3CNc4ncc(Cl)cc43)ncc2F)CC1. The number of hydrogen-bond acceptors (Lipinski definition) is 6. The van der Waals surface area contributed by atoms with Gasteiger partial charge in [0.05, 0.1) is 17.1 Å². The topological polar surface area (TPSA) is 91.8 Å². The summed E-state index contributed by atoms with van der Waals surface area (Å²) in [5.74, 6) is -1.34. The second-order valence-corrected chi connectivity index (χ2v) is 7.39. The highest BCUT2D eigenvalue weighted by Crippen LogP contribution is 2.40. The Morgan fingerprint density at radius 3 is 2.76 bits per heavy atom. The molecule has 1 aliphatic heterocycles. The predicted molar refractivity (Wildman–Crippen MR) is 96.2 cm³/mol. The van der Waals surface area contributed by atoms with Crippen molar-refractivity contribution in [3.63, 3.8) is 0 Å². The van der Waals surface area contributed by atoms with Crippen molar-refractivity contribution in [2.24, 2.45) is 0 Å². The third kappa shape index (κ3) is 4.04. The van der Waals surface area contributed by atoms with Crippen molar-refractivity contribution in [1.82, 2.24) is 20.3 Å². The van der Waals surface area contributed by atoms with Crippen LogP contribution in [0.1, 0.15) is 30.1 Å². The summed E-state index contributed by atoms with van der Waals surface area (Å²) in [6, 6.07) is 1.71. The summed E-state index contributed by atoms with van der Waals surface area (Å²) < 4.78 is 51.3. The zero-order valence-electron chi connectivity index (χ0n) is 14.8. The number of carbonyl (C=O) groups excluding carboxylic acids is 1. The van der Waals surface area contributed by atoms with Crippen LogP contribution in [-0.2, 0) is 4.79 Å². The first-order valence-corrected chi connectivity index (χ1v) is 9.10. The van der Waals surface area contributed by atoms with Crippen LogP contribution in [-0.4, -0.2) is 45.7 Å². The van der Waals surface area contributed by atoms with Crippen LogP contribution in [0.4, 0.5) is 29.2 Å². The van der Waals surface area contributed by atoms with Crippen molar-refractivity contribution in [1.29, 1.82) is 0 Å². The molecule has 1 fully saturated rings. The van der Waals surface area contributed by atoms with E-state index in [4.69, 9.17) is 11.6 Å². The summed E-state index contributed by atoms with van der Waals surface area (Å²) in [4.78, 5) is 24.5. The van der Waals surface area contributed by atoms with Gasteiger partial charge in [-0.2, -0.15) is 13.2 Å². The van der Waals surface area contributed by atoms with Crippen LogP contribution in [0.25, 0.3) is 0 Å². The fourth-order valence-corrected chi connectivity index (χ4v) is 3.32. The Balaban J connectivity index is 1.55. The maximum atomic E-state index is 14.3. The molecule has 1 unspecified atom stereocenters. The Hall–Kier alpha value is -2.69. The molecule has 1 aliphatic carbocycles. The number of amides is 1. The van der Waals surface area contributed by atoms with Crippen molar-refractivity contribution < 1.29 is 22.4 Å². The Bertz CT molecular complexity index is 965. The zero-order valence-corrected chi connectivity index (χ0v) is 15.5. The molecular weight excluding hydrogens is 416 g/mol. The van der Waals surface area contributed by atoms with E-state index in [0.29, 0.717) is 17.4 Å². The van der Waals surface area contributed by atoms with E-state index in [9.17, 15) is 22.4 Å². The van der Waals surface area contributed by atoms with Crippen molar-refractivity contribution in [2.45, 2.75) is 30.5 Å². The molecule has 0 radical (unpaired) electrons. The fraction of sp³-hybridized carbons (Fsp3) is 0.412. The number of anilines is 2. The van der Waals surface area contributed by atoms with Crippen LogP contribution in [0.3, 0.4) is 0 Å². The molecule has 29 heavy (non-hydrogen) atoms. The van der Waals surface area contributed by atoms with Gasteiger partial charge < -0.3 is 16.0 Å². The molecule has 0 bridgehead atoms. The quantitative estimate of drug-likeness (QED) is 0.632. The van der Waals surface area contributed by atoms with Gasteiger partial charge in [-0.15, -0.1) is 0 Å². The zero-order chi connectivity index (χ0) is 20.8. The molecular formula is C17H15ClF4N6O. The molecule has 2 aliphatic rings. The lowest BCUT2D eigenvalue weighted by Crippen LogP contribution is -2.45. The minimum atomic E-state index is -4.53. The number of nitrogens with one attached hydrogen (secondary N) is 3. The monoisotopic (exact) mass is 430 g/mol. The largest absolute Gasteiger partial charge is 0.405 e. The molecule has 2 aromatic rings. The van der Waals surface area contributed by atoms with Gasteiger partial charge in [-0.05, 0) is 18.9 Å². The molecule has 0 aromatic carbocycles. The van der Waals surface area contributed by atoms with E-state index in [-0.39, 0.29) is 30.4 Å². The van der Waals surface area contributed by atoms with Crippen LogP contribution in [0.2, 0.25) is 5.02 Å². The second-order valence-electron chi connectivity index (χ2n) is 6.95. The molecule has 154 valence electrons. The van der Waals surface area contributed by atoms with Gasteiger partial charge in [0, 0.05) is 18.3 Å². The number of nitrogens with zero attached hydrogens (tertiary/aromatic N) is 3. The maximum absolute atomic E-state index is 14.3. The minimum absolute atomic E-state index is 0.238. The molecule has 0 spiro atoms. The van der Waals surface area contributed by atoms with Crippen molar-refractivity contribution in [3.8, 4) is 0 Å². The summed E-state index contributed by atoms with van der Waals surface area (Å²) in [5, 5.41) is 8.01. The first kappa shape index (κ1) is 19.6. The van der Waals surface area contributed by atoms with Crippen LogP contribution in [0.5, 0.6) is 0 Å². The molecule has 1 atom stereocenters. The Morgan fingerprint density at radius 2 is 2.07 bits per heavy atom. The van der Waals surface area contributed by atoms with Gasteiger partial charge in [0.25, 0.3) is 0 Å². The number of alkyl halides is 3. The van der Waals surface area contributed by atoms with E-state index in [2.05, 4.69) is 25.6 Å². The number of rotatable bonds is 5. The average molecular weight is 431 g/mol. The van der Waals surface area contributed by atoms with E-state index in [1.807, 2.05) is 5.32 Å². The molecule has 0 saturated heterocycles. The van der Waals surface area contributed by atoms with Gasteiger partial charge in [-0.1, -0.05) is 11.6 Å². The molecule has 3 heterocycles. The summed E-state index contributed by atoms with van der Waals surface area (Å²) in [5.41, 5.74) is -0.562. The lowest BCUT2D eigenvalue weighted by atomic mass is 10.0. The van der Waals surface area contributed by atoms with Crippen LogP contribution in [0.15, 0.2) is 18.5 Å². The average Bonchev–Trinajstić information content (AvgIpc) is 3.32. The smallest absolute Gasteiger partial charge is 0.369 e. The maximum Gasteiger partial charge on any atom is 0.405 e. The highest BCUT2D eigenvalue weighted by Gasteiger charge is 2.51. The molecule has 3 N–H and O–H groups in total. The number of halogens is 5. The summed E-state index contributed by atoms with van der Waals surface area (Å²) >= 11 is 6.00. The van der Waals surface area contributed by atoms with Gasteiger partial charge in [-0.25, -0.2) is 19.3 Å². The van der Waals surface area contributed by atoms with Gasteiger partial charge in [0.2, 0.25) is 5.91 Å². The predicted octanol–water partition coefficient (Wildman–Crippen LogP) is 2.84. The summed E-state index contributed by atoms with van der Waals surface area (Å²) in [6.45, 7) is -1.03.